The van der Waals surface area contributed by atoms with Gasteiger partial charge in [-0.05, 0) is 115 Å². The van der Waals surface area contributed by atoms with Crippen LogP contribution in [0.4, 0.5) is 24.5 Å². The number of halogens is 4. The maximum atomic E-state index is 13.7. The number of benzene rings is 2. The fourth-order valence-electron chi connectivity index (χ4n) is 8.80. The van der Waals surface area contributed by atoms with Gasteiger partial charge in [0.05, 0.1) is 47.6 Å². The van der Waals surface area contributed by atoms with Gasteiger partial charge < -0.3 is 15.0 Å². The molecular formula is C41H51ClF3N7O5S. The van der Waals surface area contributed by atoms with Crippen molar-refractivity contribution in [1.82, 2.24) is 20.0 Å². The Morgan fingerprint density at radius 3 is 2.24 bits per heavy atom. The summed E-state index contributed by atoms with van der Waals surface area (Å²) in [6, 6.07) is 12.2. The summed E-state index contributed by atoms with van der Waals surface area (Å²) in [5, 5.41) is 14.8. The molecule has 3 atom stereocenters. The van der Waals surface area contributed by atoms with E-state index in [4.69, 9.17) is 17.0 Å². The Bertz CT molecular complexity index is 1940. The van der Waals surface area contributed by atoms with E-state index in [1.54, 1.807) is 32.0 Å². The van der Waals surface area contributed by atoms with Crippen LogP contribution >= 0.6 is 24.6 Å². The lowest BCUT2D eigenvalue weighted by atomic mass is 9.75. The largest absolute Gasteiger partial charge is 0.417 e. The van der Waals surface area contributed by atoms with E-state index in [9.17, 15) is 37.6 Å². The van der Waals surface area contributed by atoms with Crippen molar-refractivity contribution in [3.8, 4) is 6.07 Å². The van der Waals surface area contributed by atoms with E-state index >= 15 is 0 Å². The number of nitrogens with zero attached hydrogens (tertiary/aromatic N) is 5. The molecule has 58 heavy (non-hydrogen) atoms. The van der Waals surface area contributed by atoms with Gasteiger partial charge in [0.1, 0.15) is 5.54 Å². The van der Waals surface area contributed by atoms with Crippen molar-refractivity contribution in [3.63, 3.8) is 0 Å². The molecule has 17 heteroatoms. The number of nitrogens with one attached hydrogen (secondary N) is 2. The van der Waals surface area contributed by atoms with Crippen LogP contribution in [0.3, 0.4) is 0 Å². The summed E-state index contributed by atoms with van der Waals surface area (Å²) in [6.45, 7) is 12.6. The molecule has 2 aromatic carbocycles. The maximum Gasteiger partial charge on any atom is 0.417 e. The maximum absolute atomic E-state index is 13.7. The van der Waals surface area contributed by atoms with Crippen molar-refractivity contribution in [1.29, 1.82) is 5.26 Å². The fourth-order valence-corrected chi connectivity index (χ4v) is 9.37. The minimum atomic E-state index is -4.76. The summed E-state index contributed by atoms with van der Waals surface area (Å²) >= 11 is 5.74. The molecule has 4 aliphatic rings. The number of carbonyl (C=O) groups excluding carboxylic acids is 4. The average molecular weight is 846 g/mol. The van der Waals surface area contributed by atoms with Gasteiger partial charge in [-0.1, -0.05) is 12.1 Å². The van der Waals surface area contributed by atoms with Crippen molar-refractivity contribution >= 4 is 64.7 Å². The zero-order chi connectivity index (χ0) is 41.4. The van der Waals surface area contributed by atoms with E-state index < -0.39 is 34.2 Å². The molecule has 0 spiro atoms. The lowest BCUT2D eigenvalue weighted by molar-refractivity contribution is -0.138. The molecule has 12 nitrogen and oxygen atoms in total. The van der Waals surface area contributed by atoms with Crippen LogP contribution in [0, 0.1) is 11.3 Å². The molecule has 3 saturated heterocycles. The molecule has 1 saturated carbocycles. The van der Waals surface area contributed by atoms with Gasteiger partial charge in [-0.15, -0.1) is 12.4 Å². The third-order valence-corrected chi connectivity index (χ3v) is 12.5. The van der Waals surface area contributed by atoms with Gasteiger partial charge in [0, 0.05) is 49.9 Å². The normalized spacial score (nSPS) is 26.9. The van der Waals surface area contributed by atoms with E-state index in [1.165, 1.54) is 6.07 Å². The second kappa shape index (κ2) is 17.6. The molecule has 4 fully saturated rings. The summed E-state index contributed by atoms with van der Waals surface area (Å²) in [5.41, 5.74) is -2.08. The first kappa shape index (κ1) is 45.0. The minimum absolute atomic E-state index is 0. The first-order chi connectivity index (χ1) is 26.8. The van der Waals surface area contributed by atoms with Crippen LogP contribution in [0.2, 0.25) is 0 Å². The zero-order valence-corrected chi connectivity index (χ0v) is 35.0. The van der Waals surface area contributed by atoms with Gasteiger partial charge >= 0.3 is 6.18 Å². The molecule has 2 aromatic rings. The number of nitriles is 1. The number of carbonyl (C=O) groups is 4. The summed E-state index contributed by atoms with van der Waals surface area (Å²) in [7, 11) is 0. The van der Waals surface area contributed by atoms with Crippen molar-refractivity contribution < 1.29 is 37.1 Å². The Labute approximate surface area is 348 Å². The van der Waals surface area contributed by atoms with Gasteiger partial charge in [0.25, 0.3) is 5.91 Å². The quantitative estimate of drug-likeness (QED) is 0.224. The van der Waals surface area contributed by atoms with Crippen LogP contribution < -0.4 is 15.5 Å². The summed E-state index contributed by atoms with van der Waals surface area (Å²) in [5.74, 6) is -1.11. The lowest BCUT2D eigenvalue weighted by Crippen LogP contribution is -2.58. The minimum Gasteiger partial charge on any atom is -0.377 e. The number of hydrogen-bond acceptors (Lipinski definition) is 9. The van der Waals surface area contributed by atoms with Crippen molar-refractivity contribution in [2.75, 3.05) is 43.0 Å². The molecule has 3 aliphatic heterocycles. The van der Waals surface area contributed by atoms with Crippen LogP contribution in [0.1, 0.15) is 89.8 Å². The number of piperidine rings is 1. The van der Waals surface area contributed by atoms with Crippen molar-refractivity contribution in [2.45, 2.75) is 115 Å². The highest BCUT2D eigenvalue weighted by atomic mass is 35.5. The fraction of sp³-hybridized carbons (Fsp3) is 0.561. The van der Waals surface area contributed by atoms with Crippen LogP contribution in [-0.2, 0) is 35.5 Å². The summed E-state index contributed by atoms with van der Waals surface area (Å²) in [4.78, 5) is 58.4. The Balaban J connectivity index is 0.00000641. The SMILES string of the molecule is C[C@@H]1CN(CCO[C@H]2CC[C@H](N3C(=S)N(c4ccc(C#N)c(C(F)(F)F)c4)C(=O)C3(C)C)CC2)C[C@H](C)N1CC(=O)Nc1ccc(C2(C)CCC(=O)NC2=O)cc1.Cl. The van der Waals surface area contributed by atoms with Gasteiger partial charge in [-0.25, -0.2) is 0 Å². The van der Waals surface area contributed by atoms with E-state index in [1.807, 2.05) is 24.0 Å². The number of piperazine rings is 1. The summed E-state index contributed by atoms with van der Waals surface area (Å²) in [6.07, 6.45) is -1.12. The highest BCUT2D eigenvalue weighted by Gasteiger charge is 2.53. The number of rotatable bonds is 10. The van der Waals surface area contributed by atoms with Gasteiger partial charge in [0.2, 0.25) is 17.7 Å². The van der Waals surface area contributed by atoms with E-state index in [2.05, 4.69) is 34.3 Å². The van der Waals surface area contributed by atoms with E-state index in [-0.39, 0.29) is 78.1 Å². The Kier molecular flexibility index (Phi) is 13.6. The number of thiocarbonyl (C=S) groups is 1. The molecule has 0 bridgehead atoms. The molecule has 6 rings (SSSR count). The molecule has 0 radical (unpaired) electrons. The first-order valence-electron chi connectivity index (χ1n) is 19.5. The molecule has 0 aromatic heterocycles. The van der Waals surface area contributed by atoms with E-state index in [0.717, 1.165) is 55.1 Å². The molecular weight excluding hydrogens is 795 g/mol. The van der Waals surface area contributed by atoms with E-state index in [0.29, 0.717) is 31.6 Å². The Morgan fingerprint density at radius 1 is 1.02 bits per heavy atom. The first-order valence-corrected chi connectivity index (χ1v) is 19.9. The van der Waals surface area contributed by atoms with Crippen LogP contribution in [0.15, 0.2) is 42.5 Å². The van der Waals surface area contributed by atoms with Crippen molar-refractivity contribution in [3.05, 3.63) is 59.2 Å². The van der Waals surface area contributed by atoms with Gasteiger partial charge in [0.15, 0.2) is 5.11 Å². The third kappa shape index (κ3) is 9.18. The third-order valence-electron chi connectivity index (χ3n) is 12.1. The molecule has 3 heterocycles. The number of hydrogen-bond donors (Lipinski definition) is 2. The van der Waals surface area contributed by atoms with Gasteiger partial charge in [-0.2, -0.15) is 18.4 Å². The molecule has 4 amide bonds. The second-order valence-corrected chi connectivity index (χ2v) is 16.8. The number of amides is 4. The number of imide groups is 1. The van der Waals surface area contributed by atoms with Crippen molar-refractivity contribution in [2.24, 2.45) is 0 Å². The predicted molar refractivity (Wildman–Crippen MR) is 218 cm³/mol. The topological polar surface area (TPSA) is 138 Å². The smallest absolute Gasteiger partial charge is 0.377 e. The number of alkyl halides is 3. The lowest BCUT2D eigenvalue weighted by Gasteiger charge is -2.44. The average Bonchev–Trinajstić information content (AvgIpc) is 3.33. The molecule has 1 aliphatic carbocycles. The second-order valence-electron chi connectivity index (χ2n) is 16.5. The summed E-state index contributed by atoms with van der Waals surface area (Å²) < 4.78 is 47.5. The highest BCUT2D eigenvalue weighted by molar-refractivity contribution is 7.80. The van der Waals surface area contributed by atoms with Crippen LogP contribution in [0.5, 0.6) is 0 Å². The Hall–Kier alpha value is -4.14. The van der Waals surface area contributed by atoms with Crippen LogP contribution in [-0.4, -0.2) is 106 Å². The number of anilines is 2. The standard InChI is InChI=1S/C41H50F3N7O5S.ClH/c1-25-22-48(23-26(2)49(25)24-35(53)46-29-9-7-28(8-10-29)40(5)17-16-34(52)47-36(40)54)18-19-56-32-14-12-30(13-15-32)51-38(57)50(37(55)39(51,3)4)31-11-6-27(21-45)33(20-31)41(42,43)44;/h6-11,20,25-26,30,32H,12-19,22-24H2,1-5H3,(H,46,53)(H,47,52,54);1H/t25-,26+,30-,32-,40?;. The molecule has 1 unspecified atom stereocenters. The number of ether oxygens (including phenoxy) is 1. The monoisotopic (exact) mass is 845 g/mol. The van der Waals surface area contributed by atoms with Gasteiger partial charge in [-0.3, -0.25) is 39.2 Å². The highest BCUT2D eigenvalue weighted by Crippen LogP contribution is 2.41. The zero-order valence-electron chi connectivity index (χ0n) is 33.4. The molecule has 2 N–H and O–H groups in total. The predicted octanol–water partition coefficient (Wildman–Crippen LogP) is 5.77. The Morgan fingerprint density at radius 2 is 1.66 bits per heavy atom. The molecule has 314 valence electrons. The van der Waals surface area contributed by atoms with Crippen LogP contribution in [0.25, 0.3) is 0 Å².